The highest BCUT2D eigenvalue weighted by atomic mass is 16.5. The molecule has 0 aromatic heterocycles. The van der Waals surface area contributed by atoms with Crippen LogP contribution in [0.25, 0.3) is 5.70 Å². The molecule has 29 heavy (non-hydrogen) atoms. The number of rotatable bonds is 5. The Kier molecular flexibility index (Phi) is 6.72. The molecule has 2 heterocycles. The van der Waals surface area contributed by atoms with Crippen molar-refractivity contribution in [3.05, 3.63) is 53.8 Å². The Hall–Kier alpha value is -3.06. The Morgan fingerprint density at radius 3 is 2.72 bits per heavy atom. The molecule has 0 spiro atoms. The molecule has 1 saturated heterocycles. The fourth-order valence-electron chi connectivity index (χ4n) is 3.31. The van der Waals surface area contributed by atoms with Crippen LogP contribution in [0.3, 0.4) is 0 Å². The van der Waals surface area contributed by atoms with Crippen LogP contribution in [0, 0.1) is 5.41 Å². The first kappa shape index (κ1) is 20.7. The van der Waals surface area contributed by atoms with Gasteiger partial charge in [0.15, 0.2) is 11.5 Å². The van der Waals surface area contributed by atoms with Gasteiger partial charge >= 0.3 is 0 Å². The summed E-state index contributed by atoms with van der Waals surface area (Å²) >= 11 is 0. The number of nitrogens with two attached hydrogens (primary N) is 1. The van der Waals surface area contributed by atoms with Crippen LogP contribution in [0.2, 0.25) is 0 Å². The van der Waals surface area contributed by atoms with Gasteiger partial charge in [0.2, 0.25) is 0 Å². The van der Waals surface area contributed by atoms with Crippen LogP contribution in [-0.4, -0.2) is 49.9 Å². The van der Waals surface area contributed by atoms with Crippen molar-refractivity contribution in [1.29, 1.82) is 5.41 Å². The average Bonchev–Trinajstić information content (AvgIpc) is 2.82. The first-order valence-corrected chi connectivity index (χ1v) is 9.72. The highest BCUT2D eigenvalue weighted by molar-refractivity contribution is 6.42. The number of ether oxygens (including phenoxy) is 2. The molecular weight excluding hydrogens is 368 g/mol. The number of allylic oxidation sites excluding steroid dienone is 4. The maximum absolute atomic E-state index is 12.4. The third-order valence-corrected chi connectivity index (χ3v) is 4.95. The van der Waals surface area contributed by atoms with E-state index in [-0.39, 0.29) is 17.7 Å². The first-order chi connectivity index (χ1) is 14.0. The summed E-state index contributed by atoms with van der Waals surface area (Å²) in [4.78, 5) is 14.0. The number of methoxy groups -OCH3 is 2. The minimum Gasteiger partial charge on any atom is -0.493 e. The van der Waals surface area contributed by atoms with E-state index in [4.69, 9.17) is 20.6 Å². The molecule has 0 radical (unpaired) electrons. The predicted octanol–water partition coefficient (Wildman–Crippen LogP) is 2.45. The lowest BCUT2D eigenvalue weighted by atomic mass is 10.1. The summed E-state index contributed by atoms with van der Waals surface area (Å²) in [7, 11) is 3.21. The first-order valence-electron chi connectivity index (χ1n) is 9.72. The van der Waals surface area contributed by atoms with Gasteiger partial charge < -0.3 is 25.4 Å². The fraction of sp³-hybridized carbons (Fsp3) is 0.364. The van der Waals surface area contributed by atoms with Gasteiger partial charge in [0.05, 0.1) is 14.2 Å². The highest BCUT2D eigenvalue weighted by Crippen LogP contribution is 2.30. The minimum absolute atomic E-state index is 0.0214. The fourth-order valence-corrected chi connectivity index (χ4v) is 3.31. The zero-order chi connectivity index (χ0) is 20.8. The van der Waals surface area contributed by atoms with E-state index < -0.39 is 0 Å². The molecule has 0 saturated carbocycles. The molecule has 1 fully saturated rings. The largest absolute Gasteiger partial charge is 0.493 e. The molecule has 3 rings (SSSR count). The van der Waals surface area contributed by atoms with E-state index in [9.17, 15) is 4.79 Å². The standard InChI is InChI=1S/C22H28N4O3/c1-28-20-10-9-15(11-21(20)29-2)19-8-6-4-3-5-7-17(25-19)12-18(24)22(27)26-13-16(23)14-26/h4,6,8-12,16,24-25H,3,5,7,13-14,23H2,1-2H3/b6-4-,17-12-,19-8-,24-18?. The molecule has 1 aromatic rings. The smallest absolute Gasteiger partial charge is 0.271 e. The summed E-state index contributed by atoms with van der Waals surface area (Å²) in [5.41, 5.74) is 8.34. The number of benzene rings is 1. The second kappa shape index (κ2) is 9.43. The number of nitrogens with zero attached hydrogens (tertiary/aromatic N) is 1. The molecule has 1 aromatic carbocycles. The van der Waals surface area contributed by atoms with Crippen molar-refractivity contribution in [2.75, 3.05) is 27.3 Å². The topological polar surface area (TPSA) is 101 Å². The van der Waals surface area contributed by atoms with E-state index in [1.54, 1.807) is 25.2 Å². The van der Waals surface area contributed by atoms with Crippen molar-refractivity contribution in [3.63, 3.8) is 0 Å². The minimum atomic E-state index is -0.282. The van der Waals surface area contributed by atoms with Gasteiger partial charge in [-0.05, 0) is 49.6 Å². The molecule has 4 N–H and O–H groups in total. The Morgan fingerprint density at radius 2 is 2.03 bits per heavy atom. The second-order valence-corrected chi connectivity index (χ2v) is 7.15. The maximum Gasteiger partial charge on any atom is 0.271 e. The molecule has 7 heteroatoms. The third kappa shape index (κ3) is 5.06. The molecule has 0 aliphatic carbocycles. The van der Waals surface area contributed by atoms with Crippen LogP contribution in [-0.2, 0) is 4.79 Å². The highest BCUT2D eigenvalue weighted by Gasteiger charge is 2.29. The van der Waals surface area contributed by atoms with E-state index in [0.29, 0.717) is 24.6 Å². The summed E-state index contributed by atoms with van der Waals surface area (Å²) in [6, 6.07) is 5.73. The van der Waals surface area contributed by atoms with Crippen molar-refractivity contribution >= 4 is 17.3 Å². The quantitative estimate of drug-likeness (QED) is 0.664. The number of hydrogen-bond acceptors (Lipinski definition) is 6. The summed E-state index contributed by atoms with van der Waals surface area (Å²) < 4.78 is 10.7. The number of nitrogens with one attached hydrogen (secondary N) is 2. The molecular formula is C22H28N4O3. The van der Waals surface area contributed by atoms with Gasteiger partial charge in [0.25, 0.3) is 5.91 Å². The summed E-state index contributed by atoms with van der Waals surface area (Å²) in [6.45, 7) is 1.02. The zero-order valence-electron chi connectivity index (χ0n) is 16.9. The average molecular weight is 396 g/mol. The number of likely N-dealkylation sites (tertiary alicyclic amines) is 1. The summed E-state index contributed by atoms with van der Waals surface area (Å²) in [5, 5.41) is 11.6. The molecule has 2 aliphatic rings. The summed E-state index contributed by atoms with van der Waals surface area (Å²) in [6.07, 6.45) is 10.3. The van der Waals surface area contributed by atoms with E-state index in [1.807, 2.05) is 30.4 Å². The van der Waals surface area contributed by atoms with Gasteiger partial charge in [-0.25, -0.2) is 0 Å². The zero-order valence-corrected chi connectivity index (χ0v) is 16.9. The lowest BCUT2D eigenvalue weighted by molar-refractivity contribution is -0.128. The van der Waals surface area contributed by atoms with Gasteiger partial charge in [-0.1, -0.05) is 12.2 Å². The second-order valence-electron chi connectivity index (χ2n) is 7.15. The summed E-state index contributed by atoms with van der Waals surface area (Å²) in [5.74, 6) is 1.01. The predicted molar refractivity (Wildman–Crippen MR) is 114 cm³/mol. The molecule has 0 bridgehead atoms. The molecule has 154 valence electrons. The van der Waals surface area contributed by atoms with Crippen molar-refractivity contribution in [1.82, 2.24) is 10.2 Å². The van der Waals surface area contributed by atoms with Crippen LogP contribution < -0.4 is 20.5 Å². The van der Waals surface area contributed by atoms with E-state index in [1.165, 1.54) is 0 Å². The molecule has 0 unspecified atom stereocenters. The molecule has 7 nitrogen and oxygen atoms in total. The van der Waals surface area contributed by atoms with Crippen LogP contribution in [0.15, 0.2) is 48.2 Å². The molecule has 2 aliphatic heterocycles. The number of amides is 1. The number of carbonyl (C=O) groups is 1. The van der Waals surface area contributed by atoms with Gasteiger partial charge in [0, 0.05) is 36.1 Å². The Labute approximate surface area is 171 Å². The SMILES string of the molecule is COc1ccc(/C2=C/C=C\CCC/C(=C/C(=N)C(=O)N3CC(N)C3)N2)cc1OC. The van der Waals surface area contributed by atoms with Gasteiger partial charge in [-0.3, -0.25) is 10.2 Å². The van der Waals surface area contributed by atoms with E-state index >= 15 is 0 Å². The van der Waals surface area contributed by atoms with E-state index in [2.05, 4.69) is 11.4 Å². The van der Waals surface area contributed by atoms with Gasteiger partial charge in [-0.2, -0.15) is 0 Å². The number of hydrogen-bond donors (Lipinski definition) is 3. The van der Waals surface area contributed by atoms with Crippen molar-refractivity contribution in [3.8, 4) is 11.5 Å². The van der Waals surface area contributed by atoms with Gasteiger partial charge in [-0.15, -0.1) is 0 Å². The Morgan fingerprint density at radius 1 is 1.28 bits per heavy atom. The monoisotopic (exact) mass is 396 g/mol. The van der Waals surface area contributed by atoms with Crippen molar-refractivity contribution in [2.24, 2.45) is 5.73 Å². The number of carbonyl (C=O) groups excluding carboxylic acids is 1. The van der Waals surface area contributed by atoms with E-state index in [0.717, 1.165) is 36.2 Å². The van der Waals surface area contributed by atoms with Crippen molar-refractivity contribution in [2.45, 2.75) is 25.3 Å². The van der Waals surface area contributed by atoms with Crippen LogP contribution in [0.4, 0.5) is 0 Å². The lowest BCUT2D eigenvalue weighted by Crippen LogP contribution is -2.59. The normalized spacial score (nSPS) is 21.6. The Bertz CT molecular complexity index is 867. The maximum atomic E-state index is 12.4. The third-order valence-electron chi connectivity index (χ3n) is 4.95. The van der Waals surface area contributed by atoms with Crippen LogP contribution in [0.1, 0.15) is 24.8 Å². The Balaban J connectivity index is 1.83. The lowest BCUT2D eigenvalue weighted by Gasteiger charge is -2.36. The van der Waals surface area contributed by atoms with Crippen molar-refractivity contribution < 1.29 is 14.3 Å². The molecule has 0 atom stereocenters. The van der Waals surface area contributed by atoms with Gasteiger partial charge in [0.1, 0.15) is 5.71 Å². The van der Waals surface area contributed by atoms with Crippen LogP contribution in [0.5, 0.6) is 11.5 Å². The molecule has 1 amide bonds. The van der Waals surface area contributed by atoms with Crippen LogP contribution >= 0.6 is 0 Å².